The number of ether oxygens (including phenoxy) is 1. The van der Waals surface area contributed by atoms with E-state index in [0.29, 0.717) is 21.4 Å². The first-order valence-corrected chi connectivity index (χ1v) is 15.2. The SMILES string of the molecule is COc1cccc(N(CC(=O)N(Cc2c(Cl)cccc2Cl)C(Cc2ccccc2)C(=O)NC(C)C)S(C)(=O)=O)c1. The van der Waals surface area contributed by atoms with Gasteiger partial charge in [-0.05, 0) is 43.7 Å². The molecule has 214 valence electrons. The Morgan fingerprint density at radius 2 is 1.57 bits per heavy atom. The van der Waals surface area contributed by atoms with Crippen LogP contribution in [0.5, 0.6) is 5.75 Å². The first-order valence-electron chi connectivity index (χ1n) is 12.6. The van der Waals surface area contributed by atoms with Gasteiger partial charge < -0.3 is 15.0 Å². The Balaban J connectivity index is 2.11. The van der Waals surface area contributed by atoms with Gasteiger partial charge in [0.15, 0.2) is 0 Å². The van der Waals surface area contributed by atoms with Crippen LogP contribution in [0.15, 0.2) is 72.8 Å². The maximum Gasteiger partial charge on any atom is 0.244 e. The molecule has 0 bridgehead atoms. The van der Waals surface area contributed by atoms with Gasteiger partial charge in [-0.1, -0.05) is 65.7 Å². The third kappa shape index (κ3) is 8.36. The van der Waals surface area contributed by atoms with Gasteiger partial charge in [0.25, 0.3) is 0 Å². The van der Waals surface area contributed by atoms with Gasteiger partial charge in [0.2, 0.25) is 21.8 Å². The van der Waals surface area contributed by atoms with E-state index in [0.717, 1.165) is 16.1 Å². The van der Waals surface area contributed by atoms with Crippen LogP contribution in [0.2, 0.25) is 10.0 Å². The van der Waals surface area contributed by atoms with E-state index in [1.807, 2.05) is 44.2 Å². The number of amides is 2. The molecule has 2 amide bonds. The number of hydrogen-bond acceptors (Lipinski definition) is 5. The Labute approximate surface area is 245 Å². The highest BCUT2D eigenvalue weighted by atomic mass is 35.5. The molecule has 8 nitrogen and oxygen atoms in total. The molecular weight excluding hydrogens is 573 g/mol. The lowest BCUT2D eigenvalue weighted by atomic mass is 10.0. The first kappa shape index (κ1) is 31.3. The van der Waals surface area contributed by atoms with Gasteiger partial charge in [-0.25, -0.2) is 8.42 Å². The summed E-state index contributed by atoms with van der Waals surface area (Å²) in [7, 11) is -2.44. The fourth-order valence-corrected chi connectivity index (χ4v) is 5.53. The fourth-order valence-electron chi connectivity index (χ4n) is 4.17. The van der Waals surface area contributed by atoms with E-state index < -0.39 is 28.5 Å². The summed E-state index contributed by atoms with van der Waals surface area (Å²) in [4.78, 5) is 29.0. The zero-order valence-corrected chi connectivity index (χ0v) is 25.1. The van der Waals surface area contributed by atoms with E-state index in [2.05, 4.69) is 5.32 Å². The van der Waals surface area contributed by atoms with Crippen molar-refractivity contribution in [3.05, 3.63) is 94.0 Å². The molecule has 0 heterocycles. The van der Waals surface area contributed by atoms with Crippen LogP contribution in [0, 0.1) is 0 Å². The van der Waals surface area contributed by atoms with E-state index >= 15 is 0 Å². The minimum atomic E-state index is -3.91. The Morgan fingerprint density at radius 1 is 0.950 bits per heavy atom. The van der Waals surface area contributed by atoms with E-state index in [-0.39, 0.29) is 30.6 Å². The fraction of sp³-hybridized carbons (Fsp3) is 0.310. The molecule has 0 fully saturated rings. The Morgan fingerprint density at radius 3 is 2.15 bits per heavy atom. The summed E-state index contributed by atoms with van der Waals surface area (Å²) in [6.07, 6.45) is 1.20. The zero-order chi connectivity index (χ0) is 29.4. The quantitative estimate of drug-likeness (QED) is 0.316. The highest BCUT2D eigenvalue weighted by Crippen LogP contribution is 2.28. The second-order valence-corrected chi connectivity index (χ2v) is 12.3. The van der Waals surface area contributed by atoms with Crippen LogP contribution in [0.3, 0.4) is 0 Å². The van der Waals surface area contributed by atoms with Gasteiger partial charge in [0.05, 0.1) is 19.1 Å². The number of methoxy groups -OCH3 is 1. The van der Waals surface area contributed by atoms with Crippen LogP contribution < -0.4 is 14.4 Å². The number of anilines is 1. The lowest BCUT2D eigenvalue weighted by Gasteiger charge is -2.34. The highest BCUT2D eigenvalue weighted by Gasteiger charge is 2.34. The molecule has 0 saturated carbocycles. The summed E-state index contributed by atoms with van der Waals surface area (Å²) in [5, 5.41) is 3.54. The van der Waals surface area contributed by atoms with Gasteiger partial charge in [0, 0.05) is 40.7 Å². The number of carbonyl (C=O) groups is 2. The largest absolute Gasteiger partial charge is 0.497 e. The maximum absolute atomic E-state index is 14.1. The van der Waals surface area contributed by atoms with E-state index in [4.69, 9.17) is 27.9 Å². The Kier molecular flexibility index (Phi) is 10.8. The predicted molar refractivity (Wildman–Crippen MR) is 159 cm³/mol. The summed E-state index contributed by atoms with van der Waals surface area (Å²) >= 11 is 12.9. The number of benzene rings is 3. The van der Waals surface area contributed by atoms with Crippen LogP contribution >= 0.6 is 23.2 Å². The lowest BCUT2D eigenvalue weighted by Crippen LogP contribution is -2.54. The predicted octanol–water partition coefficient (Wildman–Crippen LogP) is 4.93. The summed E-state index contributed by atoms with van der Waals surface area (Å²) in [6.45, 7) is 2.97. The van der Waals surface area contributed by atoms with Crippen molar-refractivity contribution in [1.29, 1.82) is 0 Å². The standard InChI is InChI=1S/C29H33Cl2N3O5S/c1-20(2)32-29(36)27(16-21-10-6-5-7-11-21)33(18-24-25(30)14-9-15-26(24)31)28(35)19-34(40(4,37)38)22-12-8-13-23(17-22)39-3/h5-15,17,20,27H,16,18-19H2,1-4H3,(H,32,36). The number of halogens is 2. The molecule has 0 spiro atoms. The monoisotopic (exact) mass is 605 g/mol. The van der Waals surface area contributed by atoms with E-state index in [1.54, 1.807) is 36.4 Å². The Hall–Kier alpha value is -3.27. The average molecular weight is 607 g/mol. The van der Waals surface area contributed by atoms with Crippen molar-refractivity contribution >= 4 is 50.7 Å². The first-order chi connectivity index (χ1) is 18.9. The number of nitrogens with one attached hydrogen (secondary N) is 1. The van der Waals surface area contributed by atoms with Crippen LogP contribution in [-0.2, 0) is 32.6 Å². The van der Waals surface area contributed by atoms with Crippen molar-refractivity contribution in [3.8, 4) is 5.75 Å². The number of nitrogens with zero attached hydrogens (tertiary/aromatic N) is 2. The smallest absolute Gasteiger partial charge is 0.244 e. The molecule has 0 aliphatic heterocycles. The van der Waals surface area contributed by atoms with Gasteiger partial charge in [0.1, 0.15) is 18.3 Å². The van der Waals surface area contributed by atoms with Crippen molar-refractivity contribution in [2.24, 2.45) is 0 Å². The Bertz CT molecular complexity index is 1410. The van der Waals surface area contributed by atoms with Crippen molar-refractivity contribution in [2.75, 3.05) is 24.2 Å². The second kappa shape index (κ2) is 13.9. The minimum absolute atomic E-state index is 0.115. The molecule has 1 unspecified atom stereocenters. The third-order valence-electron chi connectivity index (χ3n) is 6.11. The molecular formula is C29H33Cl2N3O5S. The van der Waals surface area contributed by atoms with Crippen molar-refractivity contribution in [3.63, 3.8) is 0 Å². The molecule has 40 heavy (non-hydrogen) atoms. The van der Waals surface area contributed by atoms with Gasteiger partial charge in [-0.2, -0.15) is 0 Å². The molecule has 1 N–H and O–H groups in total. The molecule has 3 rings (SSSR count). The second-order valence-electron chi connectivity index (χ2n) is 9.56. The minimum Gasteiger partial charge on any atom is -0.497 e. The molecule has 11 heteroatoms. The van der Waals surface area contributed by atoms with Crippen LogP contribution in [0.1, 0.15) is 25.0 Å². The third-order valence-corrected chi connectivity index (χ3v) is 7.96. The molecule has 0 radical (unpaired) electrons. The lowest BCUT2D eigenvalue weighted by molar-refractivity contribution is -0.140. The van der Waals surface area contributed by atoms with Crippen LogP contribution in [0.25, 0.3) is 0 Å². The molecule has 0 aliphatic carbocycles. The van der Waals surface area contributed by atoms with Crippen molar-refractivity contribution in [1.82, 2.24) is 10.2 Å². The molecule has 3 aromatic carbocycles. The van der Waals surface area contributed by atoms with Crippen molar-refractivity contribution < 1.29 is 22.7 Å². The van der Waals surface area contributed by atoms with Gasteiger partial charge >= 0.3 is 0 Å². The number of hydrogen-bond donors (Lipinski definition) is 1. The topological polar surface area (TPSA) is 96.0 Å². The zero-order valence-electron chi connectivity index (χ0n) is 22.8. The van der Waals surface area contributed by atoms with Gasteiger partial charge in [-0.3, -0.25) is 13.9 Å². The molecule has 0 aromatic heterocycles. The van der Waals surface area contributed by atoms with Gasteiger partial charge in [-0.15, -0.1) is 0 Å². The number of sulfonamides is 1. The summed E-state index contributed by atoms with van der Waals surface area (Å²) < 4.78 is 32.0. The van der Waals surface area contributed by atoms with E-state index in [1.165, 1.54) is 18.1 Å². The van der Waals surface area contributed by atoms with Crippen LogP contribution in [0.4, 0.5) is 5.69 Å². The maximum atomic E-state index is 14.1. The normalized spacial score (nSPS) is 12.1. The van der Waals surface area contributed by atoms with E-state index in [9.17, 15) is 18.0 Å². The molecule has 0 saturated heterocycles. The van der Waals surface area contributed by atoms with Crippen LogP contribution in [-0.4, -0.2) is 57.1 Å². The molecule has 1 atom stereocenters. The number of rotatable bonds is 12. The molecule has 3 aromatic rings. The summed E-state index contributed by atoms with van der Waals surface area (Å²) in [6, 6.07) is 19.4. The highest BCUT2D eigenvalue weighted by molar-refractivity contribution is 7.92. The summed E-state index contributed by atoms with van der Waals surface area (Å²) in [5.41, 5.74) is 1.52. The summed E-state index contributed by atoms with van der Waals surface area (Å²) in [5.74, 6) is -0.566. The van der Waals surface area contributed by atoms with Crippen molar-refractivity contribution in [2.45, 2.75) is 38.9 Å². The number of carbonyl (C=O) groups excluding carboxylic acids is 2. The average Bonchev–Trinajstić information content (AvgIpc) is 2.90. The molecule has 0 aliphatic rings.